The number of carbonyl (C=O) groups is 1. The van der Waals surface area contributed by atoms with E-state index in [4.69, 9.17) is 9.47 Å². The van der Waals surface area contributed by atoms with E-state index in [-0.39, 0.29) is 34.0 Å². The van der Waals surface area contributed by atoms with Crippen molar-refractivity contribution in [2.24, 2.45) is 14.1 Å². The summed E-state index contributed by atoms with van der Waals surface area (Å²) in [6, 6.07) is 5.39. The number of fused-ring (bicyclic) bond motifs is 4. The number of aryl methyl sites for hydroxylation is 3. The second kappa shape index (κ2) is 6.43. The summed E-state index contributed by atoms with van der Waals surface area (Å²) >= 11 is 0. The Hall–Kier alpha value is -4.14. The van der Waals surface area contributed by atoms with Crippen LogP contribution in [-0.2, 0) is 14.1 Å². The molecule has 31 heavy (non-hydrogen) atoms. The molecule has 9 heteroatoms. The van der Waals surface area contributed by atoms with Crippen molar-refractivity contribution in [3.8, 4) is 28.4 Å². The molecule has 0 aliphatic carbocycles. The van der Waals surface area contributed by atoms with Crippen molar-refractivity contribution < 1.29 is 18.7 Å². The van der Waals surface area contributed by atoms with Gasteiger partial charge < -0.3 is 23.6 Å². The van der Waals surface area contributed by atoms with Gasteiger partial charge in [0, 0.05) is 49.1 Å². The van der Waals surface area contributed by atoms with Crippen molar-refractivity contribution in [2.45, 2.75) is 6.92 Å². The minimum Gasteiger partial charge on any atom is -0.447 e. The second-order valence-electron chi connectivity index (χ2n) is 7.45. The normalized spacial score (nSPS) is 12.7. The van der Waals surface area contributed by atoms with Gasteiger partial charge in [-0.15, -0.1) is 0 Å². The van der Waals surface area contributed by atoms with Crippen LogP contribution in [0, 0.1) is 12.7 Å². The van der Waals surface area contributed by atoms with Gasteiger partial charge in [-0.3, -0.25) is 9.59 Å². The zero-order valence-corrected chi connectivity index (χ0v) is 16.8. The minimum atomic E-state index is -0.821. The highest BCUT2D eigenvalue weighted by Crippen LogP contribution is 2.40. The van der Waals surface area contributed by atoms with Gasteiger partial charge in [0.1, 0.15) is 17.0 Å². The standard InChI is InChI=1S/C22H16FN3O5/c1-10-6-11(23)7-16-18(10)31-19-12(4-5-25(2)21(19)28)14-9-26(3)20(27)17-13(14)8-15(24-17)22(29)30-16/h4-9,24H,1-3H3. The van der Waals surface area contributed by atoms with Gasteiger partial charge in [-0.2, -0.15) is 0 Å². The first-order valence-electron chi connectivity index (χ1n) is 9.37. The van der Waals surface area contributed by atoms with Crippen LogP contribution in [0.25, 0.3) is 22.0 Å². The molecule has 1 aliphatic heterocycles. The number of hydrogen-bond donors (Lipinski definition) is 1. The molecule has 4 heterocycles. The maximum atomic E-state index is 14.1. The lowest BCUT2D eigenvalue weighted by Gasteiger charge is -2.17. The van der Waals surface area contributed by atoms with E-state index in [1.54, 1.807) is 39.5 Å². The lowest BCUT2D eigenvalue weighted by atomic mass is 10.0. The molecule has 1 N–H and O–H groups in total. The zero-order valence-electron chi connectivity index (χ0n) is 16.8. The molecular formula is C22H16FN3O5. The largest absolute Gasteiger partial charge is 0.447 e. The smallest absolute Gasteiger partial charge is 0.360 e. The summed E-state index contributed by atoms with van der Waals surface area (Å²) in [5.41, 5.74) is 0.658. The van der Waals surface area contributed by atoms with Crippen LogP contribution >= 0.6 is 0 Å². The van der Waals surface area contributed by atoms with Crippen molar-refractivity contribution in [1.82, 2.24) is 14.1 Å². The SMILES string of the molecule is Cc1cc(F)cc2c1Oc1c(ccn(C)c1=O)-c1cn(C)c(=O)c3[nH]c(cc13)C(=O)O2. The number of aromatic amines is 1. The van der Waals surface area contributed by atoms with Crippen LogP contribution in [0.2, 0.25) is 0 Å². The van der Waals surface area contributed by atoms with E-state index in [0.29, 0.717) is 22.1 Å². The average molecular weight is 421 g/mol. The number of ether oxygens (including phenoxy) is 2. The number of benzene rings is 1. The number of nitrogens with zero attached hydrogens (tertiary/aromatic N) is 2. The molecule has 2 bridgehead atoms. The molecule has 1 aromatic carbocycles. The molecule has 0 amide bonds. The van der Waals surface area contributed by atoms with Gasteiger partial charge in [-0.25, -0.2) is 9.18 Å². The van der Waals surface area contributed by atoms with Crippen molar-refractivity contribution in [3.63, 3.8) is 0 Å². The van der Waals surface area contributed by atoms with Crippen LogP contribution in [0.5, 0.6) is 17.2 Å². The van der Waals surface area contributed by atoms with Crippen LogP contribution in [0.4, 0.5) is 4.39 Å². The first-order chi connectivity index (χ1) is 14.7. The first-order valence-corrected chi connectivity index (χ1v) is 9.37. The number of halogens is 1. The number of hydrogen-bond acceptors (Lipinski definition) is 5. The highest BCUT2D eigenvalue weighted by molar-refractivity contribution is 6.02. The van der Waals surface area contributed by atoms with Gasteiger partial charge in [-0.05, 0) is 30.7 Å². The van der Waals surface area contributed by atoms with Crippen molar-refractivity contribution in [3.05, 3.63) is 74.4 Å². The number of aromatic nitrogens is 3. The van der Waals surface area contributed by atoms with Crippen molar-refractivity contribution in [1.29, 1.82) is 0 Å². The Morgan fingerprint density at radius 3 is 2.48 bits per heavy atom. The molecule has 0 atom stereocenters. The van der Waals surface area contributed by atoms with Crippen LogP contribution in [0.3, 0.4) is 0 Å². The highest BCUT2D eigenvalue weighted by Gasteiger charge is 2.25. The predicted molar refractivity (Wildman–Crippen MR) is 110 cm³/mol. The Labute approximate surface area is 174 Å². The molecule has 0 unspecified atom stereocenters. The molecule has 0 saturated carbocycles. The van der Waals surface area contributed by atoms with Gasteiger partial charge in [0.2, 0.25) is 5.75 Å². The van der Waals surface area contributed by atoms with E-state index < -0.39 is 17.3 Å². The number of H-pyrrole nitrogens is 1. The monoisotopic (exact) mass is 421 g/mol. The Balaban J connectivity index is 1.95. The molecule has 1 aliphatic rings. The number of pyridine rings is 2. The molecule has 0 spiro atoms. The lowest BCUT2D eigenvalue weighted by molar-refractivity contribution is 0.0725. The van der Waals surface area contributed by atoms with E-state index in [1.807, 2.05) is 0 Å². The van der Waals surface area contributed by atoms with Crippen LogP contribution < -0.4 is 20.6 Å². The fraction of sp³-hybridized carbons (Fsp3) is 0.136. The number of rotatable bonds is 0. The maximum Gasteiger partial charge on any atom is 0.360 e. The van der Waals surface area contributed by atoms with Crippen molar-refractivity contribution in [2.75, 3.05) is 0 Å². The third kappa shape index (κ3) is 2.77. The summed E-state index contributed by atoms with van der Waals surface area (Å²) in [6.45, 7) is 1.58. The molecule has 8 nitrogen and oxygen atoms in total. The van der Waals surface area contributed by atoms with E-state index in [0.717, 1.165) is 6.07 Å². The quantitative estimate of drug-likeness (QED) is 0.348. The minimum absolute atomic E-state index is 0.0136. The molecule has 0 fully saturated rings. The summed E-state index contributed by atoms with van der Waals surface area (Å²) in [6.07, 6.45) is 3.15. The Morgan fingerprint density at radius 2 is 1.71 bits per heavy atom. The summed E-state index contributed by atoms with van der Waals surface area (Å²) in [4.78, 5) is 41.3. The third-order valence-corrected chi connectivity index (χ3v) is 5.31. The zero-order chi connectivity index (χ0) is 22.0. The van der Waals surface area contributed by atoms with Gasteiger partial charge in [-0.1, -0.05) is 0 Å². The lowest BCUT2D eigenvalue weighted by Crippen LogP contribution is -2.20. The molecule has 0 radical (unpaired) electrons. The maximum absolute atomic E-state index is 14.1. The molecule has 3 aromatic heterocycles. The summed E-state index contributed by atoms with van der Waals surface area (Å²) in [5, 5.41) is 0.432. The van der Waals surface area contributed by atoms with E-state index in [2.05, 4.69) is 4.98 Å². The average Bonchev–Trinajstić information content (AvgIpc) is 3.15. The molecule has 5 rings (SSSR count). The first kappa shape index (κ1) is 18.9. The molecule has 4 aromatic rings. The predicted octanol–water partition coefficient (Wildman–Crippen LogP) is 3.00. The Morgan fingerprint density at radius 1 is 0.935 bits per heavy atom. The number of esters is 1. The second-order valence-corrected chi connectivity index (χ2v) is 7.45. The molecular weight excluding hydrogens is 405 g/mol. The summed E-state index contributed by atoms with van der Waals surface area (Å²) in [7, 11) is 3.14. The third-order valence-electron chi connectivity index (χ3n) is 5.31. The van der Waals surface area contributed by atoms with E-state index in [1.165, 1.54) is 21.3 Å². The topological polar surface area (TPSA) is 95.3 Å². The van der Waals surface area contributed by atoms with Gasteiger partial charge in [0.05, 0.1) is 0 Å². The molecule has 0 saturated heterocycles. The van der Waals surface area contributed by atoms with Gasteiger partial charge >= 0.3 is 5.97 Å². The van der Waals surface area contributed by atoms with E-state index >= 15 is 0 Å². The van der Waals surface area contributed by atoms with Gasteiger partial charge in [0.25, 0.3) is 11.1 Å². The van der Waals surface area contributed by atoms with Gasteiger partial charge in [0.15, 0.2) is 11.5 Å². The summed E-state index contributed by atoms with van der Waals surface area (Å²) in [5.74, 6) is -1.62. The number of carbonyl (C=O) groups excluding carboxylic acids is 1. The highest BCUT2D eigenvalue weighted by atomic mass is 19.1. The molecule has 156 valence electrons. The Kier molecular flexibility index (Phi) is 3.91. The van der Waals surface area contributed by atoms with Crippen LogP contribution in [0.1, 0.15) is 16.1 Å². The summed E-state index contributed by atoms with van der Waals surface area (Å²) < 4.78 is 28.2. The van der Waals surface area contributed by atoms with Crippen molar-refractivity contribution >= 4 is 16.9 Å². The number of nitrogens with one attached hydrogen (secondary N) is 1. The van der Waals surface area contributed by atoms with E-state index in [9.17, 15) is 18.8 Å². The fourth-order valence-corrected chi connectivity index (χ4v) is 3.74. The van der Waals surface area contributed by atoms with Crippen LogP contribution in [-0.4, -0.2) is 20.1 Å². The fourth-order valence-electron chi connectivity index (χ4n) is 3.74. The van der Waals surface area contributed by atoms with Crippen LogP contribution in [0.15, 0.2) is 46.2 Å². The Bertz CT molecular complexity index is 1540.